The molecule has 0 spiro atoms. The molecule has 0 aliphatic carbocycles. The van der Waals surface area contributed by atoms with Crippen LogP contribution in [0.5, 0.6) is 0 Å². The van der Waals surface area contributed by atoms with Crippen molar-refractivity contribution in [2.24, 2.45) is 0 Å². The fourth-order valence-corrected chi connectivity index (χ4v) is 4.65. The number of nitrogens with zero attached hydrogens (tertiary/aromatic N) is 3. The fourth-order valence-electron chi connectivity index (χ4n) is 4.65. The summed E-state index contributed by atoms with van der Waals surface area (Å²) >= 11 is 0. The van der Waals surface area contributed by atoms with Crippen molar-refractivity contribution in [2.45, 2.75) is 45.1 Å². The number of hydrogen-bond acceptors (Lipinski definition) is 7. The minimum atomic E-state index is -0.822. The van der Waals surface area contributed by atoms with E-state index in [0.29, 0.717) is 24.2 Å². The van der Waals surface area contributed by atoms with Gasteiger partial charge in [0.2, 0.25) is 11.8 Å². The molecule has 1 atom stereocenters. The highest BCUT2D eigenvalue weighted by Crippen LogP contribution is 2.24. The number of fused-ring (bicyclic) bond motifs is 1. The molecule has 2 aliphatic heterocycles. The first-order chi connectivity index (χ1) is 17.4. The number of aryl methyl sites for hydroxylation is 1. The molecule has 2 aliphatic rings. The predicted molar refractivity (Wildman–Crippen MR) is 133 cm³/mol. The fraction of sp³-hybridized carbons (Fsp3) is 0.462. The molecule has 36 heavy (non-hydrogen) atoms. The molecule has 2 amide bonds. The SMILES string of the molecule is [C-]#[N+]C(C(=O)OC)=C(Nc1ccc2cc(C)oc2c1)NC1CCCCN(CC(=O)N2CCCC2)C1=O. The van der Waals surface area contributed by atoms with Crippen molar-refractivity contribution in [1.82, 2.24) is 15.1 Å². The van der Waals surface area contributed by atoms with Crippen LogP contribution in [-0.4, -0.2) is 66.9 Å². The molecule has 10 heteroatoms. The van der Waals surface area contributed by atoms with Crippen molar-refractivity contribution in [2.75, 3.05) is 38.6 Å². The van der Waals surface area contributed by atoms with Crippen LogP contribution in [0.2, 0.25) is 0 Å². The van der Waals surface area contributed by atoms with Gasteiger partial charge >= 0.3 is 11.7 Å². The van der Waals surface area contributed by atoms with Gasteiger partial charge in [0.25, 0.3) is 0 Å². The minimum Gasteiger partial charge on any atom is -0.474 e. The Labute approximate surface area is 210 Å². The van der Waals surface area contributed by atoms with Crippen molar-refractivity contribution in [3.05, 3.63) is 53.0 Å². The number of furan rings is 1. The smallest absolute Gasteiger partial charge is 0.339 e. The van der Waals surface area contributed by atoms with Crippen LogP contribution in [0.15, 0.2) is 40.2 Å². The molecule has 1 unspecified atom stereocenters. The Bertz CT molecular complexity index is 1220. The van der Waals surface area contributed by atoms with Crippen molar-refractivity contribution < 1.29 is 23.5 Å². The molecule has 10 nitrogen and oxygen atoms in total. The zero-order chi connectivity index (χ0) is 25.7. The van der Waals surface area contributed by atoms with Crippen LogP contribution in [-0.2, 0) is 19.1 Å². The molecule has 2 fully saturated rings. The Morgan fingerprint density at radius 3 is 2.64 bits per heavy atom. The van der Waals surface area contributed by atoms with Crippen LogP contribution in [0.1, 0.15) is 37.9 Å². The van der Waals surface area contributed by atoms with E-state index in [4.69, 9.17) is 15.7 Å². The maximum Gasteiger partial charge on any atom is 0.339 e. The summed E-state index contributed by atoms with van der Waals surface area (Å²) in [5.41, 5.74) is 0.924. The number of amides is 2. The average Bonchev–Trinajstić information content (AvgIpc) is 3.50. The number of hydrogen-bond donors (Lipinski definition) is 2. The topological polar surface area (TPSA) is 108 Å². The van der Waals surface area contributed by atoms with Gasteiger partial charge in [0, 0.05) is 36.8 Å². The van der Waals surface area contributed by atoms with E-state index in [1.807, 2.05) is 19.1 Å². The molecule has 2 saturated heterocycles. The van der Waals surface area contributed by atoms with Gasteiger partial charge in [-0.2, -0.15) is 0 Å². The van der Waals surface area contributed by atoms with E-state index in [1.165, 1.54) is 7.11 Å². The van der Waals surface area contributed by atoms with E-state index in [9.17, 15) is 14.4 Å². The number of esters is 1. The summed E-state index contributed by atoms with van der Waals surface area (Å²) in [5, 5.41) is 7.10. The normalized spacial score (nSPS) is 18.9. The summed E-state index contributed by atoms with van der Waals surface area (Å²) in [6, 6.07) is 6.63. The second-order valence-corrected chi connectivity index (χ2v) is 9.10. The maximum absolute atomic E-state index is 13.4. The van der Waals surface area contributed by atoms with E-state index in [-0.39, 0.29) is 29.9 Å². The van der Waals surface area contributed by atoms with E-state index in [2.05, 4.69) is 15.5 Å². The van der Waals surface area contributed by atoms with Gasteiger partial charge in [0.1, 0.15) is 23.2 Å². The van der Waals surface area contributed by atoms with Crippen molar-refractivity contribution in [3.8, 4) is 0 Å². The number of rotatable bonds is 7. The lowest BCUT2D eigenvalue weighted by molar-refractivity contribution is -0.140. The summed E-state index contributed by atoms with van der Waals surface area (Å²) < 4.78 is 10.5. The molecule has 0 bridgehead atoms. The average molecular weight is 494 g/mol. The van der Waals surface area contributed by atoms with Crippen LogP contribution in [0, 0.1) is 13.5 Å². The van der Waals surface area contributed by atoms with E-state index in [0.717, 1.165) is 49.9 Å². The standard InChI is InChI=1S/C26H31N5O5/c1-17-14-18-9-10-19(15-21(18)36-17)28-24(23(27-2)26(34)35-3)29-20-8-4-5-13-31(25(20)33)16-22(32)30-11-6-7-12-30/h9-10,14-15,20,28-29H,4-8,11-13,16H2,1,3H3. The Morgan fingerprint density at radius 1 is 1.17 bits per heavy atom. The van der Waals surface area contributed by atoms with E-state index < -0.39 is 12.0 Å². The van der Waals surface area contributed by atoms with E-state index >= 15 is 0 Å². The van der Waals surface area contributed by atoms with Crippen molar-refractivity contribution in [3.63, 3.8) is 0 Å². The lowest BCUT2D eigenvalue weighted by atomic mass is 10.1. The summed E-state index contributed by atoms with van der Waals surface area (Å²) in [6.45, 7) is 11.4. The number of nitrogens with one attached hydrogen (secondary N) is 2. The Morgan fingerprint density at radius 2 is 1.92 bits per heavy atom. The number of ether oxygens (including phenoxy) is 1. The van der Waals surface area contributed by atoms with Crippen molar-refractivity contribution in [1.29, 1.82) is 0 Å². The number of benzene rings is 1. The summed E-state index contributed by atoms with van der Waals surface area (Å²) in [6.07, 6.45) is 4.00. The molecule has 2 N–H and O–H groups in total. The first-order valence-electron chi connectivity index (χ1n) is 12.2. The molecule has 0 radical (unpaired) electrons. The minimum absolute atomic E-state index is 0.0324. The quantitative estimate of drug-likeness (QED) is 0.347. The number of anilines is 1. The third-order valence-corrected chi connectivity index (χ3v) is 6.52. The first-order valence-corrected chi connectivity index (χ1v) is 12.2. The molecule has 190 valence electrons. The third kappa shape index (κ3) is 5.62. The van der Waals surface area contributed by atoms with E-state index in [1.54, 1.807) is 21.9 Å². The molecular formula is C26H31N5O5. The van der Waals surface area contributed by atoms with Crippen LogP contribution >= 0.6 is 0 Å². The zero-order valence-corrected chi connectivity index (χ0v) is 20.6. The second kappa shape index (κ2) is 11.2. The first kappa shape index (κ1) is 25.1. The van der Waals surface area contributed by atoms with Gasteiger partial charge in [-0.15, -0.1) is 0 Å². The van der Waals surface area contributed by atoms with Gasteiger partial charge in [-0.25, -0.2) is 4.85 Å². The molecule has 1 aromatic heterocycles. The Hall–Kier alpha value is -4.00. The summed E-state index contributed by atoms with van der Waals surface area (Å²) in [5.74, 6) is -0.262. The van der Waals surface area contributed by atoms with Crippen molar-refractivity contribution >= 4 is 34.4 Å². The summed E-state index contributed by atoms with van der Waals surface area (Å²) in [7, 11) is 1.20. The second-order valence-electron chi connectivity index (χ2n) is 9.10. The molecule has 3 heterocycles. The van der Waals surface area contributed by atoms with Gasteiger partial charge in [0.05, 0.1) is 20.2 Å². The van der Waals surface area contributed by atoms with Gasteiger partial charge in [-0.3, -0.25) is 14.4 Å². The van der Waals surface area contributed by atoms with Crippen LogP contribution < -0.4 is 10.6 Å². The maximum atomic E-state index is 13.4. The predicted octanol–water partition coefficient (Wildman–Crippen LogP) is 3.01. The summed E-state index contributed by atoms with van der Waals surface area (Å²) in [4.78, 5) is 45.3. The van der Waals surface area contributed by atoms with Gasteiger partial charge in [-0.1, -0.05) is 0 Å². The number of carbonyl (C=O) groups is 3. The molecule has 2 aromatic rings. The molecule has 0 saturated carbocycles. The Kier molecular flexibility index (Phi) is 7.78. The zero-order valence-electron chi connectivity index (χ0n) is 20.6. The van der Waals surface area contributed by atoms with Crippen LogP contribution in [0.4, 0.5) is 5.69 Å². The highest BCUT2D eigenvalue weighted by atomic mass is 16.5. The van der Waals surface area contributed by atoms with Crippen LogP contribution in [0.3, 0.4) is 0 Å². The van der Waals surface area contributed by atoms with Gasteiger partial charge in [0.15, 0.2) is 0 Å². The monoisotopic (exact) mass is 493 g/mol. The third-order valence-electron chi connectivity index (χ3n) is 6.52. The number of likely N-dealkylation sites (tertiary alicyclic amines) is 2. The molecule has 4 rings (SSSR count). The van der Waals surface area contributed by atoms with Crippen LogP contribution in [0.25, 0.3) is 15.8 Å². The highest BCUT2D eigenvalue weighted by molar-refractivity contribution is 5.93. The lowest BCUT2D eigenvalue weighted by Gasteiger charge is -2.28. The van der Waals surface area contributed by atoms with Gasteiger partial charge in [-0.05, 0) is 57.2 Å². The van der Waals surface area contributed by atoms with Gasteiger partial charge < -0.3 is 29.6 Å². The lowest BCUT2D eigenvalue weighted by Crippen LogP contribution is -2.49. The highest BCUT2D eigenvalue weighted by Gasteiger charge is 2.31. The molecular weight excluding hydrogens is 462 g/mol. The number of carbonyl (C=O) groups excluding carboxylic acids is 3. The Balaban J connectivity index is 1.58. The molecule has 1 aromatic carbocycles. The number of methoxy groups -OCH3 is 1. The largest absolute Gasteiger partial charge is 0.474 e.